The van der Waals surface area contributed by atoms with E-state index in [1.807, 2.05) is 36.4 Å². The van der Waals surface area contributed by atoms with Crippen LogP contribution in [0.5, 0.6) is 0 Å². The van der Waals surface area contributed by atoms with Gasteiger partial charge in [0.05, 0.1) is 17.1 Å². The molecule has 10 heteroatoms. The van der Waals surface area contributed by atoms with Crippen LogP contribution in [0.2, 0.25) is 5.02 Å². The van der Waals surface area contributed by atoms with E-state index in [0.29, 0.717) is 21.8 Å². The minimum Gasteiger partial charge on any atom is -0.411 e. The molecule has 1 aliphatic heterocycles. The molecule has 2 aromatic carbocycles. The van der Waals surface area contributed by atoms with Crippen LogP contribution in [0.1, 0.15) is 0 Å². The highest BCUT2D eigenvalue weighted by Gasteiger charge is 2.19. The first-order chi connectivity index (χ1) is 15.0. The smallest absolute Gasteiger partial charge is 0.277 e. The number of rotatable bonds is 6. The first kappa shape index (κ1) is 22.1. The largest absolute Gasteiger partial charge is 0.411 e. The van der Waals surface area contributed by atoms with Gasteiger partial charge in [-0.25, -0.2) is 0 Å². The van der Waals surface area contributed by atoms with Crippen molar-refractivity contribution in [3.63, 3.8) is 0 Å². The summed E-state index contributed by atoms with van der Waals surface area (Å²) in [6.07, 6.45) is 0. The molecule has 1 amide bonds. The Balaban J connectivity index is 1.38. The van der Waals surface area contributed by atoms with E-state index in [-0.39, 0.29) is 11.7 Å². The summed E-state index contributed by atoms with van der Waals surface area (Å²) in [6, 6.07) is 13.2. The van der Waals surface area contributed by atoms with Crippen molar-refractivity contribution in [3.8, 4) is 11.5 Å². The van der Waals surface area contributed by atoms with Gasteiger partial charge in [-0.15, -0.1) is 10.2 Å². The van der Waals surface area contributed by atoms with Crippen LogP contribution < -0.4 is 10.2 Å². The fourth-order valence-electron chi connectivity index (χ4n) is 3.22. The third-order valence-electron chi connectivity index (χ3n) is 4.90. The van der Waals surface area contributed by atoms with Crippen LogP contribution in [0.25, 0.3) is 11.5 Å². The third kappa shape index (κ3) is 5.79. The first-order valence-electron chi connectivity index (χ1n) is 9.73. The zero-order valence-corrected chi connectivity index (χ0v) is 20.0. The number of hydrogen-bond donors (Lipinski definition) is 1. The van der Waals surface area contributed by atoms with Crippen molar-refractivity contribution in [1.82, 2.24) is 15.1 Å². The maximum absolute atomic E-state index is 12.6. The summed E-state index contributed by atoms with van der Waals surface area (Å²) < 4.78 is 6.64. The second kappa shape index (κ2) is 10.0. The Morgan fingerprint density at radius 3 is 2.65 bits per heavy atom. The Morgan fingerprint density at radius 1 is 1.16 bits per heavy atom. The summed E-state index contributed by atoms with van der Waals surface area (Å²) in [5, 5.41) is 12.0. The zero-order chi connectivity index (χ0) is 21.8. The van der Waals surface area contributed by atoms with E-state index in [2.05, 4.69) is 48.3 Å². The minimum absolute atomic E-state index is 0.149. The van der Waals surface area contributed by atoms with Gasteiger partial charge in [0.25, 0.3) is 5.22 Å². The second-order valence-corrected chi connectivity index (χ2v) is 9.45. The molecule has 2 heterocycles. The molecule has 0 spiro atoms. The van der Waals surface area contributed by atoms with E-state index < -0.39 is 0 Å². The molecule has 1 saturated heterocycles. The van der Waals surface area contributed by atoms with E-state index in [1.54, 1.807) is 6.07 Å². The molecule has 0 atom stereocenters. The van der Waals surface area contributed by atoms with Crippen LogP contribution in [-0.4, -0.2) is 60.0 Å². The van der Waals surface area contributed by atoms with Crippen LogP contribution in [0.15, 0.2) is 56.6 Å². The molecule has 0 bridgehead atoms. The molecular weight excluding hydrogens is 502 g/mol. The summed E-state index contributed by atoms with van der Waals surface area (Å²) >= 11 is 10.8. The summed E-state index contributed by atoms with van der Waals surface area (Å²) in [6.45, 7) is 3.75. The number of carbonyl (C=O) groups excluding carboxylic acids is 1. The number of aromatic nitrogens is 2. The number of piperazine rings is 1. The number of amides is 1. The molecule has 0 aliphatic carbocycles. The maximum Gasteiger partial charge on any atom is 0.277 e. The summed E-state index contributed by atoms with van der Waals surface area (Å²) in [4.78, 5) is 17.2. The van der Waals surface area contributed by atoms with Gasteiger partial charge in [0, 0.05) is 41.2 Å². The predicted octanol–water partition coefficient (Wildman–Crippen LogP) is 4.64. The highest BCUT2D eigenvalue weighted by molar-refractivity contribution is 9.10. The molecular formula is C21H21BrClN5O2S. The van der Waals surface area contributed by atoms with Crippen molar-refractivity contribution in [2.45, 2.75) is 5.22 Å². The minimum atomic E-state index is -0.161. The molecule has 1 fully saturated rings. The van der Waals surface area contributed by atoms with Crippen molar-refractivity contribution >= 4 is 56.6 Å². The lowest BCUT2D eigenvalue weighted by Gasteiger charge is -2.35. The average Bonchev–Trinajstić information content (AvgIpc) is 3.23. The normalized spacial score (nSPS) is 14.6. The van der Waals surface area contributed by atoms with Crippen molar-refractivity contribution < 1.29 is 9.21 Å². The maximum atomic E-state index is 12.6. The van der Waals surface area contributed by atoms with Crippen molar-refractivity contribution in [2.24, 2.45) is 0 Å². The first-order valence-corrected chi connectivity index (χ1v) is 11.9. The molecule has 1 N–H and O–H groups in total. The number of nitrogens with one attached hydrogen (secondary N) is 1. The standard InChI is InChI=1S/C21H21BrClN5O2S/c1-27-8-10-28(11-9-27)18-7-6-16(23)12-17(18)24-19(29)13-31-21-26-25-20(30-21)14-2-4-15(22)5-3-14/h2-7,12H,8-11,13H2,1H3,(H,24,29). The molecule has 7 nitrogen and oxygen atoms in total. The molecule has 3 aromatic rings. The number of halogens is 2. The second-order valence-electron chi connectivity index (χ2n) is 7.17. The number of likely N-dealkylation sites (N-methyl/N-ethyl adjacent to an activating group) is 1. The van der Waals surface area contributed by atoms with Crippen molar-refractivity contribution in [3.05, 3.63) is 52.0 Å². The quantitative estimate of drug-likeness (QED) is 0.473. The Morgan fingerprint density at radius 2 is 1.90 bits per heavy atom. The number of benzene rings is 2. The molecule has 31 heavy (non-hydrogen) atoms. The molecule has 162 valence electrons. The molecule has 0 radical (unpaired) electrons. The monoisotopic (exact) mass is 521 g/mol. The highest BCUT2D eigenvalue weighted by atomic mass is 79.9. The van der Waals surface area contributed by atoms with Gasteiger partial charge in [0.2, 0.25) is 11.8 Å². The predicted molar refractivity (Wildman–Crippen MR) is 128 cm³/mol. The van der Waals surface area contributed by atoms with Crippen LogP contribution in [0, 0.1) is 0 Å². The Bertz CT molecular complexity index is 1050. The summed E-state index contributed by atoms with van der Waals surface area (Å²) in [5.41, 5.74) is 2.51. The van der Waals surface area contributed by atoms with Crippen LogP contribution in [0.4, 0.5) is 11.4 Å². The van der Waals surface area contributed by atoms with E-state index >= 15 is 0 Å². The SMILES string of the molecule is CN1CCN(c2ccc(Cl)cc2NC(=O)CSc2nnc(-c3ccc(Br)cc3)o2)CC1. The third-order valence-corrected chi connectivity index (χ3v) is 6.48. The lowest BCUT2D eigenvalue weighted by molar-refractivity contribution is -0.113. The number of anilines is 2. The van der Waals surface area contributed by atoms with E-state index in [1.165, 1.54) is 11.8 Å². The average molecular weight is 523 g/mol. The van der Waals surface area contributed by atoms with Gasteiger partial charge in [0.1, 0.15) is 0 Å². The van der Waals surface area contributed by atoms with Crippen LogP contribution >= 0.6 is 39.3 Å². The van der Waals surface area contributed by atoms with E-state index in [9.17, 15) is 4.79 Å². The van der Waals surface area contributed by atoms with Crippen molar-refractivity contribution in [1.29, 1.82) is 0 Å². The molecule has 1 aromatic heterocycles. The number of thioether (sulfide) groups is 1. The fourth-order valence-corrected chi connectivity index (χ4v) is 4.22. The zero-order valence-electron chi connectivity index (χ0n) is 16.8. The van der Waals surface area contributed by atoms with E-state index in [4.69, 9.17) is 16.0 Å². The topological polar surface area (TPSA) is 74.5 Å². The molecule has 4 rings (SSSR count). The van der Waals surface area contributed by atoms with Gasteiger partial charge < -0.3 is 19.5 Å². The Labute approximate surface area is 198 Å². The summed E-state index contributed by atoms with van der Waals surface area (Å²) in [7, 11) is 2.11. The highest BCUT2D eigenvalue weighted by Crippen LogP contribution is 2.31. The number of hydrogen-bond acceptors (Lipinski definition) is 7. The Hall–Kier alpha value is -2.07. The van der Waals surface area contributed by atoms with Gasteiger partial charge >= 0.3 is 0 Å². The lowest BCUT2D eigenvalue weighted by Crippen LogP contribution is -2.44. The fraction of sp³-hybridized carbons (Fsp3) is 0.286. The Kier molecular flexibility index (Phi) is 7.16. The number of nitrogens with zero attached hydrogens (tertiary/aromatic N) is 4. The lowest BCUT2D eigenvalue weighted by atomic mass is 10.2. The van der Waals surface area contributed by atoms with Crippen LogP contribution in [-0.2, 0) is 4.79 Å². The molecule has 0 unspecified atom stereocenters. The van der Waals surface area contributed by atoms with Gasteiger partial charge in [-0.1, -0.05) is 39.3 Å². The van der Waals surface area contributed by atoms with Crippen LogP contribution in [0.3, 0.4) is 0 Å². The van der Waals surface area contributed by atoms with E-state index in [0.717, 1.165) is 41.9 Å². The van der Waals surface area contributed by atoms with Gasteiger partial charge in [0.15, 0.2) is 0 Å². The van der Waals surface area contributed by atoms with Gasteiger partial charge in [-0.3, -0.25) is 4.79 Å². The van der Waals surface area contributed by atoms with Gasteiger partial charge in [-0.05, 0) is 49.5 Å². The van der Waals surface area contributed by atoms with Crippen molar-refractivity contribution in [2.75, 3.05) is 49.2 Å². The molecule has 1 aliphatic rings. The van der Waals surface area contributed by atoms with Gasteiger partial charge in [-0.2, -0.15) is 0 Å². The number of carbonyl (C=O) groups is 1. The summed E-state index contributed by atoms with van der Waals surface area (Å²) in [5.74, 6) is 0.407. The molecule has 0 saturated carbocycles.